The Morgan fingerprint density at radius 2 is 2.15 bits per heavy atom. The number of nitrogens with one attached hydrogen (secondary N) is 1. The SMILES string of the molecule is Cc1ccc2cc(CNCCc3nccs3)ccc2n1. The van der Waals surface area contributed by atoms with E-state index in [4.69, 9.17) is 0 Å². The van der Waals surface area contributed by atoms with Crippen molar-refractivity contribution in [1.29, 1.82) is 0 Å². The number of thiazole rings is 1. The van der Waals surface area contributed by atoms with Gasteiger partial charge in [-0.25, -0.2) is 4.98 Å². The maximum absolute atomic E-state index is 4.52. The summed E-state index contributed by atoms with van der Waals surface area (Å²) in [7, 11) is 0. The Kier molecular flexibility index (Phi) is 4.04. The maximum Gasteiger partial charge on any atom is 0.0937 e. The first kappa shape index (κ1) is 13.2. The van der Waals surface area contributed by atoms with Crippen LogP contribution in [-0.4, -0.2) is 16.5 Å². The third kappa shape index (κ3) is 3.21. The van der Waals surface area contributed by atoms with Crippen LogP contribution in [0.5, 0.6) is 0 Å². The van der Waals surface area contributed by atoms with E-state index in [-0.39, 0.29) is 0 Å². The Hall–Kier alpha value is -1.78. The first-order valence-electron chi connectivity index (χ1n) is 6.77. The number of fused-ring (bicyclic) bond motifs is 1. The minimum atomic E-state index is 0.884. The number of aryl methyl sites for hydroxylation is 1. The zero-order valence-electron chi connectivity index (χ0n) is 11.5. The van der Waals surface area contributed by atoms with Crippen LogP contribution in [0.15, 0.2) is 41.9 Å². The maximum atomic E-state index is 4.52. The van der Waals surface area contributed by atoms with Crippen molar-refractivity contribution in [3.8, 4) is 0 Å². The van der Waals surface area contributed by atoms with E-state index in [9.17, 15) is 0 Å². The summed E-state index contributed by atoms with van der Waals surface area (Å²) in [6.07, 6.45) is 2.85. The lowest BCUT2D eigenvalue weighted by atomic mass is 10.1. The number of benzene rings is 1. The molecule has 0 saturated heterocycles. The van der Waals surface area contributed by atoms with Gasteiger partial charge in [0.1, 0.15) is 0 Å². The molecule has 0 spiro atoms. The van der Waals surface area contributed by atoms with E-state index >= 15 is 0 Å². The number of hydrogen-bond donors (Lipinski definition) is 1. The summed E-state index contributed by atoms with van der Waals surface area (Å²) in [4.78, 5) is 8.80. The molecule has 0 saturated carbocycles. The molecule has 1 aromatic carbocycles. The third-order valence-electron chi connectivity index (χ3n) is 3.22. The first-order chi connectivity index (χ1) is 9.81. The lowest BCUT2D eigenvalue weighted by Gasteiger charge is -2.06. The van der Waals surface area contributed by atoms with E-state index in [1.165, 1.54) is 16.0 Å². The second kappa shape index (κ2) is 6.11. The lowest BCUT2D eigenvalue weighted by molar-refractivity contribution is 0.685. The van der Waals surface area contributed by atoms with E-state index in [1.807, 2.05) is 18.5 Å². The van der Waals surface area contributed by atoms with Crippen LogP contribution in [0.4, 0.5) is 0 Å². The van der Waals surface area contributed by atoms with Crippen molar-refractivity contribution in [1.82, 2.24) is 15.3 Å². The molecule has 0 amide bonds. The highest BCUT2D eigenvalue weighted by atomic mass is 32.1. The van der Waals surface area contributed by atoms with Gasteiger partial charge in [-0.05, 0) is 30.7 Å². The van der Waals surface area contributed by atoms with Crippen LogP contribution in [0.2, 0.25) is 0 Å². The summed E-state index contributed by atoms with van der Waals surface area (Å²) in [5, 5.41) is 7.88. The van der Waals surface area contributed by atoms with Gasteiger partial charge in [-0.2, -0.15) is 0 Å². The van der Waals surface area contributed by atoms with Gasteiger partial charge in [0.25, 0.3) is 0 Å². The largest absolute Gasteiger partial charge is 0.312 e. The van der Waals surface area contributed by atoms with Gasteiger partial charge in [-0.1, -0.05) is 12.1 Å². The van der Waals surface area contributed by atoms with E-state index in [2.05, 4.69) is 45.6 Å². The minimum absolute atomic E-state index is 0.884. The molecule has 3 rings (SSSR count). The molecule has 0 aliphatic heterocycles. The molecule has 0 radical (unpaired) electrons. The van der Waals surface area contributed by atoms with Crippen molar-refractivity contribution >= 4 is 22.2 Å². The predicted molar refractivity (Wildman–Crippen MR) is 84.0 cm³/mol. The molecular formula is C16H17N3S. The summed E-state index contributed by atoms with van der Waals surface area (Å²) in [5.41, 5.74) is 3.42. The van der Waals surface area contributed by atoms with E-state index < -0.39 is 0 Å². The van der Waals surface area contributed by atoms with E-state index in [0.29, 0.717) is 0 Å². The number of nitrogens with zero attached hydrogens (tertiary/aromatic N) is 2. The fourth-order valence-corrected chi connectivity index (χ4v) is 2.81. The second-order valence-electron chi connectivity index (χ2n) is 4.83. The molecule has 20 heavy (non-hydrogen) atoms. The zero-order valence-corrected chi connectivity index (χ0v) is 12.3. The molecule has 0 aliphatic rings. The van der Waals surface area contributed by atoms with Gasteiger partial charge in [0, 0.05) is 42.2 Å². The number of hydrogen-bond acceptors (Lipinski definition) is 4. The Balaban J connectivity index is 1.58. The number of pyridine rings is 1. The molecule has 2 aromatic heterocycles. The van der Waals surface area contributed by atoms with Crippen LogP contribution < -0.4 is 5.32 Å². The van der Waals surface area contributed by atoms with Crippen LogP contribution in [0.3, 0.4) is 0 Å². The molecule has 3 aromatic rings. The molecule has 4 heteroatoms. The standard InChI is InChI=1S/C16H17N3S/c1-12-2-4-14-10-13(3-5-15(14)19-12)11-17-7-6-16-18-8-9-20-16/h2-5,8-10,17H,6-7,11H2,1H3. The van der Waals surface area contributed by atoms with Crippen molar-refractivity contribution in [2.45, 2.75) is 19.9 Å². The van der Waals surface area contributed by atoms with Crippen LogP contribution >= 0.6 is 11.3 Å². The quantitative estimate of drug-likeness (QED) is 0.730. The van der Waals surface area contributed by atoms with Gasteiger partial charge < -0.3 is 5.32 Å². The molecule has 1 N–H and O–H groups in total. The van der Waals surface area contributed by atoms with Crippen molar-refractivity contribution in [2.24, 2.45) is 0 Å². The molecule has 3 nitrogen and oxygen atoms in total. The normalized spacial score (nSPS) is 11.1. The Morgan fingerprint density at radius 3 is 3.00 bits per heavy atom. The average molecular weight is 283 g/mol. The van der Waals surface area contributed by atoms with Crippen LogP contribution in [0.25, 0.3) is 10.9 Å². The summed E-state index contributed by atoms with van der Waals surface area (Å²) < 4.78 is 0. The topological polar surface area (TPSA) is 37.8 Å². The molecule has 2 heterocycles. The number of rotatable bonds is 5. The van der Waals surface area contributed by atoms with Gasteiger partial charge in [0.2, 0.25) is 0 Å². The van der Waals surface area contributed by atoms with E-state index in [0.717, 1.165) is 30.7 Å². The summed E-state index contributed by atoms with van der Waals surface area (Å²) in [6, 6.07) is 10.6. The third-order valence-corrected chi connectivity index (χ3v) is 4.06. The van der Waals surface area contributed by atoms with Gasteiger partial charge in [-0.15, -0.1) is 11.3 Å². The molecule has 0 fully saturated rings. The van der Waals surface area contributed by atoms with Gasteiger partial charge in [-0.3, -0.25) is 4.98 Å². The fourth-order valence-electron chi connectivity index (χ4n) is 2.19. The van der Waals surface area contributed by atoms with Gasteiger partial charge >= 0.3 is 0 Å². The van der Waals surface area contributed by atoms with Crippen LogP contribution in [0, 0.1) is 6.92 Å². The number of aromatic nitrogens is 2. The van der Waals surface area contributed by atoms with Crippen molar-refractivity contribution in [3.63, 3.8) is 0 Å². The highest BCUT2D eigenvalue weighted by molar-refractivity contribution is 7.09. The summed E-state index contributed by atoms with van der Waals surface area (Å²) in [5.74, 6) is 0. The molecular weight excluding hydrogens is 266 g/mol. The molecule has 0 aliphatic carbocycles. The highest BCUT2D eigenvalue weighted by Gasteiger charge is 1.99. The zero-order chi connectivity index (χ0) is 13.8. The van der Waals surface area contributed by atoms with Crippen LogP contribution in [0.1, 0.15) is 16.3 Å². The Bertz CT molecular complexity index is 692. The van der Waals surface area contributed by atoms with Crippen molar-refractivity contribution in [3.05, 3.63) is 58.2 Å². The first-order valence-corrected chi connectivity index (χ1v) is 7.64. The second-order valence-corrected chi connectivity index (χ2v) is 5.81. The minimum Gasteiger partial charge on any atom is -0.312 e. The van der Waals surface area contributed by atoms with Crippen LogP contribution in [-0.2, 0) is 13.0 Å². The summed E-state index contributed by atoms with van der Waals surface area (Å²) >= 11 is 1.71. The molecule has 102 valence electrons. The van der Waals surface area contributed by atoms with Crippen molar-refractivity contribution < 1.29 is 0 Å². The summed E-state index contributed by atoms with van der Waals surface area (Å²) in [6.45, 7) is 3.86. The molecule has 0 unspecified atom stereocenters. The monoisotopic (exact) mass is 283 g/mol. The molecule has 0 atom stereocenters. The Labute approximate surface area is 122 Å². The van der Waals surface area contributed by atoms with Gasteiger partial charge in [0.15, 0.2) is 0 Å². The van der Waals surface area contributed by atoms with Gasteiger partial charge in [0.05, 0.1) is 10.5 Å². The highest BCUT2D eigenvalue weighted by Crippen LogP contribution is 2.14. The predicted octanol–water partition coefficient (Wildman–Crippen LogP) is 3.33. The fraction of sp³-hybridized carbons (Fsp3) is 0.250. The smallest absolute Gasteiger partial charge is 0.0937 e. The average Bonchev–Trinajstić information content (AvgIpc) is 2.97. The van der Waals surface area contributed by atoms with E-state index in [1.54, 1.807) is 11.3 Å². The Morgan fingerprint density at radius 1 is 1.20 bits per heavy atom. The van der Waals surface area contributed by atoms with Crippen molar-refractivity contribution in [2.75, 3.05) is 6.54 Å². The molecule has 0 bridgehead atoms. The lowest BCUT2D eigenvalue weighted by Crippen LogP contribution is -2.16.